The third kappa shape index (κ3) is 3.40. The van der Waals surface area contributed by atoms with E-state index in [4.69, 9.17) is 5.11 Å². The summed E-state index contributed by atoms with van der Waals surface area (Å²) >= 11 is 0. The van der Waals surface area contributed by atoms with Gasteiger partial charge in [0.15, 0.2) is 0 Å². The van der Waals surface area contributed by atoms with Crippen LogP contribution in [0.1, 0.15) is 21.6 Å². The molecule has 1 aromatic heterocycles. The Balaban J connectivity index is 2.20. The van der Waals surface area contributed by atoms with Crippen molar-refractivity contribution in [2.75, 3.05) is 11.9 Å². The maximum Gasteiger partial charge on any atom is 0.275 e. The number of hydrogen-bond acceptors (Lipinski definition) is 4. The molecule has 1 amide bonds. The first-order chi connectivity index (χ1) is 9.70. The second-order valence-electron chi connectivity index (χ2n) is 4.03. The normalized spacial score (nSPS) is 9.50. The van der Waals surface area contributed by atoms with Crippen molar-refractivity contribution in [3.63, 3.8) is 0 Å². The average Bonchev–Trinajstić information content (AvgIpc) is 2.48. The van der Waals surface area contributed by atoms with E-state index in [1.807, 2.05) is 13.0 Å². The molecule has 2 N–H and O–H groups in total. The molecule has 0 aliphatic carbocycles. The minimum Gasteiger partial charge on any atom is -0.384 e. The summed E-state index contributed by atoms with van der Waals surface area (Å²) < 4.78 is 0. The molecule has 2 aromatic rings. The first kappa shape index (κ1) is 13.7. The molecule has 20 heavy (non-hydrogen) atoms. The first-order valence-electron chi connectivity index (χ1n) is 5.98. The third-order valence-corrected chi connectivity index (χ3v) is 2.59. The van der Waals surface area contributed by atoms with Gasteiger partial charge in [-0.25, -0.2) is 4.98 Å². The number of aromatic nitrogens is 2. The summed E-state index contributed by atoms with van der Waals surface area (Å²) in [6.45, 7) is 1.71. The minimum absolute atomic E-state index is 0.199. The lowest BCUT2D eigenvalue weighted by molar-refractivity contribution is 0.102. The third-order valence-electron chi connectivity index (χ3n) is 2.59. The quantitative estimate of drug-likeness (QED) is 0.806. The predicted octanol–water partition coefficient (Wildman–Crippen LogP) is 1.38. The van der Waals surface area contributed by atoms with Gasteiger partial charge in [0.25, 0.3) is 5.91 Å². The Morgan fingerprint density at radius 2 is 2.25 bits per heavy atom. The maximum absolute atomic E-state index is 11.9. The first-order valence-corrected chi connectivity index (χ1v) is 5.98. The number of carbonyl (C=O) groups is 1. The summed E-state index contributed by atoms with van der Waals surface area (Å²) in [5, 5.41) is 11.5. The Morgan fingerprint density at radius 1 is 1.40 bits per heavy atom. The van der Waals surface area contributed by atoms with Crippen molar-refractivity contribution >= 4 is 11.6 Å². The lowest BCUT2D eigenvalue weighted by atomic mass is 10.1. The fourth-order valence-corrected chi connectivity index (χ4v) is 1.58. The highest BCUT2D eigenvalue weighted by atomic mass is 16.2. The van der Waals surface area contributed by atoms with Crippen LogP contribution in [0, 0.1) is 18.8 Å². The van der Waals surface area contributed by atoms with E-state index in [0.29, 0.717) is 5.69 Å². The number of nitrogens with one attached hydrogen (secondary N) is 1. The van der Waals surface area contributed by atoms with E-state index in [9.17, 15) is 4.79 Å². The van der Waals surface area contributed by atoms with Crippen molar-refractivity contribution in [3.05, 3.63) is 53.6 Å². The van der Waals surface area contributed by atoms with Gasteiger partial charge >= 0.3 is 0 Å². The zero-order valence-corrected chi connectivity index (χ0v) is 10.9. The van der Waals surface area contributed by atoms with Crippen LogP contribution >= 0.6 is 0 Å². The molecular formula is C15H13N3O2. The highest BCUT2D eigenvalue weighted by Gasteiger charge is 2.08. The minimum atomic E-state index is -0.331. The number of hydrogen-bond donors (Lipinski definition) is 2. The van der Waals surface area contributed by atoms with E-state index in [0.717, 1.165) is 11.1 Å². The van der Waals surface area contributed by atoms with E-state index in [1.54, 1.807) is 12.1 Å². The van der Waals surface area contributed by atoms with Crippen molar-refractivity contribution < 1.29 is 9.90 Å². The Kier molecular flexibility index (Phi) is 4.43. The maximum atomic E-state index is 11.9. The SMILES string of the molecule is Cc1ccc(NC(=O)c2cnccn2)cc1C#CCO. The summed E-state index contributed by atoms with van der Waals surface area (Å²) in [7, 11) is 0. The molecule has 0 saturated heterocycles. The fourth-order valence-electron chi connectivity index (χ4n) is 1.58. The monoisotopic (exact) mass is 267 g/mol. The molecule has 0 saturated carbocycles. The van der Waals surface area contributed by atoms with Crippen molar-refractivity contribution in [2.24, 2.45) is 0 Å². The van der Waals surface area contributed by atoms with Gasteiger partial charge in [-0.3, -0.25) is 9.78 Å². The van der Waals surface area contributed by atoms with Gasteiger partial charge in [0, 0.05) is 23.6 Å². The van der Waals surface area contributed by atoms with Crippen molar-refractivity contribution in [3.8, 4) is 11.8 Å². The molecule has 5 heteroatoms. The number of aryl methyl sites for hydroxylation is 1. The number of benzene rings is 1. The molecule has 0 unspecified atom stereocenters. The Morgan fingerprint density at radius 3 is 2.95 bits per heavy atom. The van der Waals surface area contributed by atoms with Gasteiger partial charge in [-0.05, 0) is 24.6 Å². The molecule has 0 aliphatic rings. The molecule has 0 aliphatic heterocycles. The molecule has 1 heterocycles. The number of carbonyl (C=O) groups excluding carboxylic acids is 1. The number of anilines is 1. The second kappa shape index (κ2) is 6.45. The van der Waals surface area contributed by atoms with Gasteiger partial charge in [-0.1, -0.05) is 17.9 Å². The van der Waals surface area contributed by atoms with Crippen molar-refractivity contribution in [2.45, 2.75) is 6.92 Å². The summed E-state index contributed by atoms with van der Waals surface area (Å²) in [4.78, 5) is 19.7. The number of aliphatic hydroxyl groups excluding tert-OH is 1. The number of nitrogens with zero attached hydrogens (tertiary/aromatic N) is 2. The van der Waals surface area contributed by atoms with Gasteiger partial charge in [-0.15, -0.1) is 0 Å². The molecule has 0 atom stereocenters. The highest BCUT2D eigenvalue weighted by Crippen LogP contribution is 2.15. The molecule has 2 rings (SSSR count). The average molecular weight is 267 g/mol. The summed E-state index contributed by atoms with van der Waals surface area (Å²) in [5.74, 6) is 5.09. The summed E-state index contributed by atoms with van der Waals surface area (Å²) in [6, 6.07) is 5.40. The topological polar surface area (TPSA) is 75.1 Å². The molecule has 5 nitrogen and oxygen atoms in total. The van der Waals surface area contributed by atoms with Gasteiger partial charge in [0.2, 0.25) is 0 Å². The number of amides is 1. The van der Waals surface area contributed by atoms with Crippen LogP contribution in [0.5, 0.6) is 0 Å². The van der Waals surface area contributed by atoms with E-state index in [1.165, 1.54) is 18.6 Å². The summed E-state index contributed by atoms with van der Waals surface area (Å²) in [5.41, 5.74) is 2.60. The van der Waals surface area contributed by atoms with E-state index >= 15 is 0 Å². The zero-order valence-electron chi connectivity index (χ0n) is 10.9. The van der Waals surface area contributed by atoms with Crippen LogP contribution < -0.4 is 5.32 Å². The van der Waals surface area contributed by atoms with Crippen LogP contribution in [-0.2, 0) is 0 Å². The fraction of sp³-hybridized carbons (Fsp3) is 0.133. The van der Waals surface area contributed by atoms with Gasteiger partial charge in [-0.2, -0.15) is 0 Å². The van der Waals surface area contributed by atoms with E-state index in [2.05, 4.69) is 27.1 Å². The number of aliphatic hydroxyl groups is 1. The van der Waals surface area contributed by atoms with Gasteiger partial charge in [0.05, 0.1) is 6.20 Å². The second-order valence-corrected chi connectivity index (χ2v) is 4.03. The van der Waals surface area contributed by atoms with E-state index in [-0.39, 0.29) is 18.2 Å². The Labute approximate surface area is 116 Å². The zero-order chi connectivity index (χ0) is 14.4. The smallest absolute Gasteiger partial charge is 0.275 e. The van der Waals surface area contributed by atoms with Gasteiger partial charge in [0.1, 0.15) is 12.3 Å². The molecule has 0 fully saturated rings. The predicted molar refractivity (Wildman–Crippen MR) is 75.1 cm³/mol. The highest BCUT2D eigenvalue weighted by molar-refractivity contribution is 6.02. The molecular weight excluding hydrogens is 254 g/mol. The van der Waals surface area contributed by atoms with Crippen LogP contribution in [0.4, 0.5) is 5.69 Å². The van der Waals surface area contributed by atoms with Crippen LogP contribution in [0.25, 0.3) is 0 Å². The molecule has 100 valence electrons. The van der Waals surface area contributed by atoms with Crippen LogP contribution in [0.15, 0.2) is 36.8 Å². The van der Waals surface area contributed by atoms with Crippen LogP contribution in [0.2, 0.25) is 0 Å². The lowest BCUT2D eigenvalue weighted by Crippen LogP contribution is -2.13. The molecule has 0 radical (unpaired) electrons. The summed E-state index contributed by atoms with van der Waals surface area (Å²) in [6.07, 6.45) is 4.36. The number of rotatable bonds is 2. The Bertz CT molecular complexity index is 673. The lowest BCUT2D eigenvalue weighted by Gasteiger charge is -2.06. The molecule has 0 bridgehead atoms. The standard InChI is InChI=1S/C15H13N3O2/c1-11-4-5-13(9-12(11)3-2-8-19)18-15(20)14-10-16-6-7-17-14/h4-7,9-10,19H,8H2,1H3,(H,18,20). The van der Waals surface area contributed by atoms with Crippen molar-refractivity contribution in [1.29, 1.82) is 0 Å². The van der Waals surface area contributed by atoms with Crippen LogP contribution in [-0.4, -0.2) is 27.6 Å². The van der Waals surface area contributed by atoms with Crippen LogP contribution in [0.3, 0.4) is 0 Å². The van der Waals surface area contributed by atoms with Crippen molar-refractivity contribution in [1.82, 2.24) is 9.97 Å². The molecule has 0 spiro atoms. The van der Waals surface area contributed by atoms with Gasteiger partial charge < -0.3 is 10.4 Å². The van der Waals surface area contributed by atoms with E-state index < -0.39 is 0 Å². The Hall–Kier alpha value is -2.71. The largest absolute Gasteiger partial charge is 0.384 e. The molecule has 1 aromatic carbocycles.